The lowest BCUT2D eigenvalue weighted by atomic mass is 10.1. The highest BCUT2D eigenvalue weighted by Crippen LogP contribution is 2.26. The molecule has 0 amide bonds. The predicted octanol–water partition coefficient (Wildman–Crippen LogP) is 2.26. The number of hydrogen-bond donors (Lipinski definition) is 1. The third kappa shape index (κ3) is 4.39. The fourth-order valence-corrected chi connectivity index (χ4v) is 5.21. The van der Waals surface area contributed by atoms with Crippen LogP contribution in [0.2, 0.25) is 4.47 Å². The summed E-state index contributed by atoms with van der Waals surface area (Å²) in [6, 6.07) is 0. The molecule has 0 unspecified atom stereocenters. The van der Waals surface area contributed by atoms with Crippen molar-refractivity contribution in [3.8, 4) is 0 Å². The van der Waals surface area contributed by atoms with Gasteiger partial charge in [-0.25, -0.2) is 18.1 Å². The number of sulfonamides is 1. The molecule has 5 nitrogen and oxygen atoms in total. The van der Waals surface area contributed by atoms with Gasteiger partial charge in [0.05, 0.1) is 5.69 Å². The summed E-state index contributed by atoms with van der Waals surface area (Å²) in [5.74, 6) is 0. The van der Waals surface area contributed by atoms with Crippen molar-refractivity contribution in [2.24, 2.45) is 0 Å². The van der Waals surface area contributed by atoms with Crippen molar-refractivity contribution in [2.45, 2.75) is 36.8 Å². The van der Waals surface area contributed by atoms with Crippen LogP contribution in [0.1, 0.15) is 31.4 Å². The van der Waals surface area contributed by atoms with Crippen LogP contribution in [0, 0.1) is 6.92 Å². The first-order chi connectivity index (χ1) is 9.49. The smallest absolute Gasteiger partial charge is 0.251 e. The molecule has 20 heavy (non-hydrogen) atoms. The fourth-order valence-electron chi connectivity index (χ4n) is 2.36. The minimum absolute atomic E-state index is 0.223. The Labute approximate surface area is 129 Å². The molecule has 8 heteroatoms. The number of likely N-dealkylation sites (tertiary alicyclic amines) is 1. The van der Waals surface area contributed by atoms with Gasteiger partial charge in [0.25, 0.3) is 10.0 Å². The van der Waals surface area contributed by atoms with Gasteiger partial charge in [0.2, 0.25) is 0 Å². The lowest BCUT2D eigenvalue weighted by molar-refractivity contribution is 0.227. The van der Waals surface area contributed by atoms with Gasteiger partial charge in [-0.15, -0.1) is 0 Å². The summed E-state index contributed by atoms with van der Waals surface area (Å²) in [4.78, 5) is 6.33. The lowest BCUT2D eigenvalue weighted by Gasteiger charge is -2.26. The van der Waals surface area contributed by atoms with Gasteiger partial charge < -0.3 is 4.90 Å². The van der Waals surface area contributed by atoms with Crippen molar-refractivity contribution in [1.82, 2.24) is 14.6 Å². The van der Waals surface area contributed by atoms with Crippen LogP contribution in [0.25, 0.3) is 0 Å². The highest BCUT2D eigenvalue weighted by Gasteiger charge is 2.21. The number of hydrogen-bond acceptors (Lipinski definition) is 5. The second-order valence-corrected chi connectivity index (χ2v) is 8.54. The number of thiazole rings is 1. The van der Waals surface area contributed by atoms with Crippen molar-refractivity contribution in [3.63, 3.8) is 0 Å². The van der Waals surface area contributed by atoms with Crippen LogP contribution in [-0.2, 0) is 10.0 Å². The average Bonchev–Trinajstić information content (AvgIpc) is 2.76. The zero-order valence-corrected chi connectivity index (χ0v) is 14.0. The number of aromatic nitrogens is 1. The van der Waals surface area contributed by atoms with E-state index in [0.29, 0.717) is 12.2 Å². The minimum atomic E-state index is -3.47. The van der Waals surface area contributed by atoms with Crippen LogP contribution in [0.4, 0.5) is 0 Å². The summed E-state index contributed by atoms with van der Waals surface area (Å²) in [6.45, 7) is 5.33. The molecule has 1 aliphatic rings. The molecule has 0 aromatic carbocycles. The predicted molar refractivity (Wildman–Crippen MR) is 82.0 cm³/mol. The van der Waals surface area contributed by atoms with E-state index in [0.717, 1.165) is 37.4 Å². The number of rotatable bonds is 6. The van der Waals surface area contributed by atoms with Crippen LogP contribution >= 0.6 is 22.9 Å². The Hall–Kier alpha value is -0.210. The van der Waals surface area contributed by atoms with Gasteiger partial charge in [-0.05, 0) is 45.8 Å². The van der Waals surface area contributed by atoms with Crippen LogP contribution < -0.4 is 4.72 Å². The number of piperidine rings is 1. The van der Waals surface area contributed by atoms with Crippen molar-refractivity contribution in [1.29, 1.82) is 0 Å². The van der Waals surface area contributed by atoms with E-state index in [9.17, 15) is 8.42 Å². The van der Waals surface area contributed by atoms with Crippen LogP contribution in [0.15, 0.2) is 4.21 Å². The monoisotopic (exact) mass is 337 g/mol. The SMILES string of the molecule is Cc1nc(Cl)sc1S(=O)(=O)NCCCN1CCCCC1. The average molecular weight is 338 g/mol. The Kier molecular flexibility index (Phi) is 5.80. The molecule has 0 radical (unpaired) electrons. The van der Waals surface area contributed by atoms with E-state index in [1.165, 1.54) is 19.3 Å². The first-order valence-electron chi connectivity index (χ1n) is 6.84. The van der Waals surface area contributed by atoms with Gasteiger partial charge in [-0.2, -0.15) is 0 Å². The van der Waals surface area contributed by atoms with E-state index in [1.54, 1.807) is 6.92 Å². The van der Waals surface area contributed by atoms with E-state index in [1.807, 2.05) is 0 Å². The van der Waals surface area contributed by atoms with Gasteiger partial charge in [0.1, 0.15) is 0 Å². The summed E-state index contributed by atoms with van der Waals surface area (Å²) >= 11 is 6.74. The maximum absolute atomic E-state index is 12.1. The molecule has 0 aliphatic carbocycles. The third-order valence-electron chi connectivity index (χ3n) is 3.36. The Morgan fingerprint density at radius 1 is 1.35 bits per heavy atom. The third-order valence-corrected chi connectivity index (χ3v) is 6.70. The largest absolute Gasteiger partial charge is 0.303 e. The van der Waals surface area contributed by atoms with Crippen molar-refractivity contribution in [3.05, 3.63) is 10.2 Å². The zero-order valence-electron chi connectivity index (χ0n) is 11.6. The van der Waals surface area contributed by atoms with Crippen LogP contribution in [-0.4, -0.2) is 44.5 Å². The van der Waals surface area contributed by atoms with Gasteiger partial charge in [0, 0.05) is 6.54 Å². The number of aryl methyl sites for hydroxylation is 1. The molecule has 0 atom stereocenters. The number of nitrogens with zero attached hydrogens (tertiary/aromatic N) is 2. The highest BCUT2D eigenvalue weighted by molar-refractivity contribution is 7.91. The van der Waals surface area contributed by atoms with E-state index in [-0.39, 0.29) is 8.68 Å². The molecule has 114 valence electrons. The van der Waals surface area contributed by atoms with Crippen molar-refractivity contribution in [2.75, 3.05) is 26.2 Å². The Bertz CT molecular complexity index is 539. The summed E-state index contributed by atoms with van der Waals surface area (Å²) in [5.41, 5.74) is 0.462. The van der Waals surface area contributed by atoms with Crippen LogP contribution in [0.5, 0.6) is 0 Å². The molecule has 0 spiro atoms. The Balaban J connectivity index is 1.79. The van der Waals surface area contributed by atoms with Gasteiger partial charge in [-0.3, -0.25) is 0 Å². The van der Waals surface area contributed by atoms with E-state index < -0.39 is 10.0 Å². The molecule has 1 aliphatic heterocycles. The molecule has 1 fully saturated rings. The van der Waals surface area contributed by atoms with Crippen LogP contribution in [0.3, 0.4) is 0 Å². The fraction of sp³-hybridized carbons (Fsp3) is 0.750. The lowest BCUT2D eigenvalue weighted by Crippen LogP contribution is -2.33. The minimum Gasteiger partial charge on any atom is -0.303 e. The molecular weight excluding hydrogens is 318 g/mol. The number of nitrogens with one attached hydrogen (secondary N) is 1. The van der Waals surface area contributed by atoms with E-state index >= 15 is 0 Å². The number of halogens is 1. The Morgan fingerprint density at radius 2 is 2.05 bits per heavy atom. The molecule has 1 saturated heterocycles. The normalized spacial score (nSPS) is 17.5. The van der Waals surface area contributed by atoms with Gasteiger partial charge >= 0.3 is 0 Å². The summed E-state index contributed by atoms with van der Waals surface area (Å²) in [5, 5.41) is 0. The van der Waals surface area contributed by atoms with Gasteiger partial charge in [0.15, 0.2) is 8.68 Å². The van der Waals surface area contributed by atoms with Crippen molar-refractivity contribution >= 4 is 33.0 Å². The first kappa shape index (κ1) is 16.2. The maximum Gasteiger partial charge on any atom is 0.251 e. The van der Waals surface area contributed by atoms with Gasteiger partial charge in [-0.1, -0.05) is 29.4 Å². The first-order valence-corrected chi connectivity index (χ1v) is 9.52. The standard InChI is InChI=1S/C12H20ClN3O2S2/c1-10-11(19-12(13)15-10)20(17,18)14-6-5-9-16-7-3-2-4-8-16/h14H,2-9H2,1H3. The second-order valence-electron chi connectivity index (χ2n) is 4.99. The zero-order chi connectivity index (χ0) is 14.6. The molecule has 1 aromatic heterocycles. The molecular formula is C12H20ClN3O2S2. The summed E-state index contributed by atoms with van der Waals surface area (Å²) in [7, 11) is -3.47. The van der Waals surface area contributed by atoms with E-state index in [2.05, 4.69) is 14.6 Å². The molecule has 0 saturated carbocycles. The topological polar surface area (TPSA) is 62.3 Å². The summed E-state index contributed by atoms with van der Waals surface area (Å²) in [6.07, 6.45) is 4.65. The van der Waals surface area contributed by atoms with E-state index in [4.69, 9.17) is 11.6 Å². The maximum atomic E-state index is 12.1. The summed E-state index contributed by atoms with van der Waals surface area (Å²) < 4.78 is 27.3. The molecule has 2 heterocycles. The molecule has 1 N–H and O–H groups in total. The quantitative estimate of drug-likeness (QED) is 0.809. The highest BCUT2D eigenvalue weighted by atomic mass is 35.5. The molecule has 1 aromatic rings. The molecule has 0 bridgehead atoms. The second kappa shape index (κ2) is 7.17. The van der Waals surface area contributed by atoms with Crippen molar-refractivity contribution < 1.29 is 8.42 Å². The Morgan fingerprint density at radius 3 is 2.65 bits per heavy atom. The molecule has 2 rings (SSSR count).